The molecule has 0 radical (unpaired) electrons. The van der Waals surface area contributed by atoms with E-state index in [9.17, 15) is 0 Å². The van der Waals surface area contributed by atoms with E-state index < -0.39 is 0 Å². The van der Waals surface area contributed by atoms with Crippen LogP contribution in [0.15, 0.2) is 36.4 Å². The van der Waals surface area contributed by atoms with Gasteiger partial charge in [0.25, 0.3) is 0 Å². The van der Waals surface area contributed by atoms with Crippen molar-refractivity contribution in [3.8, 4) is 5.69 Å². The molecule has 0 aliphatic rings. The first kappa shape index (κ1) is 13.8. The molecule has 0 atom stereocenters. The van der Waals surface area contributed by atoms with Crippen molar-refractivity contribution in [3.05, 3.63) is 47.0 Å². The van der Waals surface area contributed by atoms with E-state index in [1.54, 1.807) is 0 Å². The fraction of sp³-hybridized carbons (Fsp3) is 0.188. The number of nitrogens with zero attached hydrogens (tertiary/aromatic N) is 3. The van der Waals surface area contributed by atoms with Crippen LogP contribution in [0.5, 0.6) is 0 Å². The molecule has 3 aromatic rings. The summed E-state index contributed by atoms with van der Waals surface area (Å²) in [4.78, 5) is 6.47. The summed E-state index contributed by atoms with van der Waals surface area (Å²) in [6, 6.07) is 11.9. The van der Waals surface area contributed by atoms with Crippen molar-refractivity contribution in [2.24, 2.45) is 0 Å². The minimum atomic E-state index is 0.437. The number of nitrogen functional groups attached to an aromatic ring is 1. The summed E-state index contributed by atoms with van der Waals surface area (Å²) in [6.07, 6.45) is 0. The Morgan fingerprint density at radius 1 is 1.19 bits per heavy atom. The molecule has 0 unspecified atom stereocenters. The first-order valence-corrected chi connectivity index (χ1v) is 7.07. The number of halogens is 1. The van der Waals surface area contributed by atoms with Crippen LogP contribution >= 0.6 is 11.6 Å². The highest BCUT2D eigenvalue weighted by Crippen LogP contribution is 2.30. The topological polar surface area (TPSA) is 47.1 Å². The van der Waals surface area contributed by atoms with Crippen LogP contribution in [0.1, 0.15) is 5.56 Å². The Hall–Kier alpha value is -2.20. The van der Waals surface area contributed by atoms with E-state index in [0.29, 0.717) is 11.0 Å². The number of hydrogen-bond acceptors (Lipinski definition) is 3. The number of fused-ring (bicyclic) bond motifs is 1. The third-order valence-electron chi connectivity index (χ3n) is 3.59. The minimum Gasteiger partial charge on any atom is -0.377 e. The molecule has 3 rings (SSSR count). The number of para-hydroxylation sites is 1. The average molecular weight is 301 g/mol. The van der Waals surface area contributed by atoms with E-state index >= 15 is 0 Å². The molecule has 5 heteroatoms. The second-order valence-corrected chi connectivity index (χ2v) is 5.69. The molecule has 2 aromatic carbocycles. The summed E-state index contributed by atoms with van der Waals surface area (Å²) in [7, 11) is 4.05. The van der Waals surface area contributed by atoms with Crippen LogP contribution in [0.3, 0.4) is 0 Å². The Balaban J connectivity index is 2.28. The number of aryl methyl sites for hydroxylation is 1. The van der Waals surface area contributed by atoms with Crippen molar-refractivity contribution in [2.75, 3.05) is 24.7 Å². The molecule has 1 heterocycles. The van der Waals surface area contributed by atoms with Crippen molar-refractivity contribution >= 4 is 34.3 Å². The summed E-state index contributed by atoms with van der Waals surface area (Å²) in [5, 5.41) is 0.609. The van der Waals surface area contributed by atoms with Gasteiger partial charge in [0.1, 0.15) is 5.52 Å². The van der Waals surface area contributed by atoms with Gasteiger partial charge in [-0.05, 0) is 36.8 Å². The predicted molar refractivity (Wildman–Crippen MR) is 89.6 cm³/mol. The lowest BCUT2D eigenvalue weighted by Gasteiger charge is -2.17. The molecular formula is C16H17ClN4. The third-order valence-corrected chi connectivity index (χ3v) is 3.90. The van der Waals surface area contributed by atoms with Gasteiger partial charge in [0, 0.05) is 19.8 Å². The first-order valence-electron chi connectivity index (χ1n) is 6.70. The molecule has 0 spiro atoms. The molecule has 0 saturated heterocycles. The number of imidazole rings is 1. The number of nitrogens with two attached hydrogens (primary N) is 1. The van der Waals surface area contributed by atoms with Gasteiger partial charge < -0.3 is 10.6 Å². The van der Waals surface area contributed by atoms with Crippen molar-refractivity contribution in [1.82, 2.24) is 9.55 Å². The van der Waals surface area contributed by atoms with E-state index in [1.165, 1.54) is 5.56 Å². The molecule has 0 aliphatic carbocycles. The molecule has 0 fully saturated rings. The smallest absolute Gasteiger partial charge is 0.205 e. The molecule has 0 bridgehead atoms. The van der Waals surface area contributed by atoms with Crippen molar-refractivity contribution in [1.29, 1.82) is 0 Å². The number of benzene rings is 2. The number of hydrogen-bond donors (Lipinski definition) is 1. The van der Waals surface area contributed by atoms with Gasteiger partial charge in [-0.15, -0.1) is 0 Å². The van der Waals surface area contributed by atoms with Gasteiger partial charge in [-0.2, -0.15) is 0 Å². The van der Waals surface area contributed by atoms with Crippen LogP contribution in [0.25, 0.3) is 16.7 Å². The minimum absolute atomic E-state index is 0.437. The molecule has 0 amide bonds. The predicted octanol–water partition coefficient (Wildman–Crippen LogP) is 3.64. The first-order chi connectivity index (χ1) is 9.99. The maximum Gasteiger partial charge on any atom is 0.205 e. The highest BCUT2D eigenvalue weighted by molar-refractivity contribution is 6.35. The normalized spacial score (nSPS) is 11.0. The van der Waals surface area contributed by atoms with Crippen LogP contribution in [-0.4, -0.2) is 23.6 Å². The molecule has 21 heavy (non-hydrogen) atoms. The van der Waals surface area contributed by atoms with Gasteiger partial charge in [0.15, 0.2) is 0 Å². The van der Waals surface area contributed by atoms with Gasteiger partial charge in [-0.25, -0.2) is 4.98 Å². The zero-order valence-electron chi connectivity index (χ0n) is 12.3. The molecule has 0 saturated carbocycles. The zero-order valence-corrected chi connectivity index (χ0v) is 13.0. The molecule has 2 N–H and O–H groups in total. The van der Waals surface area contributed by atoms with E-state index in [2.05, 4.69) is 28.9 Å². The molecule has 1 aromatic heterocycles. The van der Waals surface area contributed by atoms with Crippen molar-refractivity contribution in [2.45, 2.75) is 6.92 Å². The summed E-state index contributed by atoms with van der Waals surface area (Å²) in [6.45, 7) is 2.09. The number of aromatic nitrogens is 2. The molecule has 108 valence electrons. The standard InChI is InChI=1S/C16H17ClN4/c1-10-7-8-11(9-14(10)20(2)3)21-13-6-4-5-12(17)15(13)19-16(21)18/h4-9H,1-3H3,(H2,18,19). The van der Waals surface area contributed by atoms with E-state index in [1.807, 2.05) is 42.9 Å². The lowest BCUT2D eigenvalue weighted by Crippen LogP contribution is -2.11. The second-order valence-electron chi connectivity index (χ2n) is 5.28. The monoisotopic (exact) mass is 300 g/mol. The highest BCUT2D eigenvalue weighted by atomic mass is 35.5. The lowest BCUT2D eigenvalue weighted by atomic mass is 10.1. The Morgan fingerprint density at radius 3 is 2.67 bits per heavy atom. The van der Waals surface area contributed by atoms with Gasteiger partial charge in [0.05, 0.1) is 16.2 Å². The zero-order chi connectivity index (χ0) is 15.1. The molecule has 0 aliphatic heterocycles. The fourth-order valence-corrected chi connectivity index (χ4v) is 2.78. The quantitative estimate of drug-likeness (QED) is 0.786. The Kier molecular flexibility index (Phi) is 3.26. The maximum atomic E-state index is 6.20. The van der Waals surface area contributed by atoms with E-state index in [4.69, 9.17) is 17.3 Å². The largest absolute Gasteiger partial charge is 0.377 e. The van der Waals surface area contributed by atoms with Crippen LogP contribution < -0.4 is 10.6 Å². The van der Waals surface area contributed by atoms with Gasteiger partial charge in [-0.3, -0.25) is 4.57 Å². The highest BCUT2D eigenvalue weighted by Gasteiger charge is 2.13. The number of rotatable bonds is 2. The van der Waals surface area contributed by atoms with Crippen molar-refractivity contribution < 1.29 is 0 Å². The lowest BCUT2D eigenvalue weighted by molar-refractivity contribution is 1.08. The molecule has 4 nitrogen and oxygen atoms in total. The SMILES string of the molecule is Cc1ccc(-n2c(N)nc3c(Cl)cccc32)cc1N(C)C. The Morgan fingerprint density at radius 2 is 1.95 bits per heavy atom. The third kappa shape index (κ3) is 2.21. The summed E-state index contributed by atoms with van der Waals surface area (Å²) < 4.78 is 1.92. The van der Waals surface area contributed by atoms with Gasteiger partial charge in [0.2, 0.25) is 5.95 Å². The van der Waals surface area contributed by atoms with Gasteiger partial charge in [-0.1, -0.05) is 23.7 Å². The van der Waals surface area contributed by atoms with Crippen LogP contribution in [0, 0.1) is 6.92 Å². The molecular weight excluding hydrogens is 284 g/mol. The summed E-state index contributed by atoms with van der Waals surface area (Å²) in [5.41, 5.74) is 11.1. The average Bonchev–Trinajstić information content (AvgIpc) is 2.77. The fourth-order valence-electron chi connectivity index (χ4n) is 2.57. The van der Waals surface area contributed by atoms with Crippen LogP contribution in [0.4, 0.5) is 11.6 Å². The van der Waals surface area contributed by atoms with Crippen LogP contribution in [-0.2, 0) is 0 Å². The summed E-state index contributed by atoms with van der Waals surface area (Å²) in [5.74, 6) is 0.437. The van der Waals surface area contributed by atoms with E-state index in [0.717, 1.165) is 22.4 Å². The Labute approximate surface area is 128 Å². The summed E-state index contributed by atoms with van der Waals surface area (Å²) >= 11 is 6.20. The van der Waals surface area contributed by atoms with Crippen LogP contribution in [0.2, 0.25) is 5.02 Å². The van der Waals surface area contributed by atoms with Crippen molar-refractivity contribution in [3.63, 3.8) is 0 Å². The Bertz CT molecular complexity index is 821. The number of anilines is 2. The van der Waals surface area contributed by atoms with E-state index in [-0.39, 0.29) is 0 Å². The maximum absolute atomic E-state index is 6.20. The second kappa shape index (κ2) is 4.97. The van der Waals surface area contributed by atoms with Gasteiger partial charge >= 0.3 is 0 Å².